The van der Waals surface area contributed by atoms with Gasteiger partial charge in [0.2, 0.25) is 0 Å². The largest absolute Gasteiger partial charge is 0.483 e. The van der Waals surface area contributed by atoms with Crippen LogP contribution in [0.15, 0.2) is 18.2 Å². The Morgan fingerprint density at radius 3 is 2.52 bits per heavy atom. The fraction of sp³-hybridized carbons (Fsp3) is 0.588. The molecule has 0 aliphatic rings. The zero-order chi connectivity index (χ0) is 16.0. The highest BCUT2D eigenvalue weighted by molar-refractivity contribution is 5.78. The third-order valence-electron chi connectivity index (χ3n) is 2.79. The summed E-state index contributed by atoms with van der Waals surface area (Å²) in [6, 6.07) is 6.42. The van der Waals surface area contributed by atoms with Crippen molar-refractivity contribution >= 4 is 5.91 Å². The SMILES string of the molecule is Cc1ccc(OCC(=O)NC(C)(C)C)c(CNC(C)C)c1. The van der Waals surface area contributed by atoms with Crippen molar-refractivity contribution in [3.63, 3.8) is 0 Å². The van der Waals surface area contributed by atoms with Gasteiger partial charge in [-0.3, -0.25) is 4.79 Å². The van der Waals surface area contributed by atoms with Crippen molar-refractivity contribution in [1.82, 2.24) is 10.6 Å². The van der Waals surface area contributed by atoms with Crippen molar-refractivity contribution in [3.8, 4) is 5.75 Å². The van der Waals surface area contributed by atoms with Crippen LogP contribution in [-0.4, -0.2) is 24.1 Å². The van der Waals surface area contributed by atoms with Crippen LogP contribution in [0.25, 0.3) is 0 Å². The topological polar surface area (TPSA) is 50.4 Å². The summed E-state index contributed by atoms with van der Waals surface area (Å²) in [4.78, 5) is 11.8. The molecule has 0 unspecified atom stereocenters. The predicted molar refractivity (Wildman–Crippen MR) is 86.5 cm³/mol. The Bertz CT molecular complexity index is 476. The molecule has 0 bridgehead atoms. The van der Waals surface area contributed by atoms with Crippen LogP contribution in [0.1, 0.15) is 45.7 Å². The molecule has 1 aromatic rings. The van der Waals surface area contributed by atoms with Crippen molar-refractivity contribution in [2.75, 3.05) is 6.61 Å². The van der Waals surface area contributed by atoms with E-state index in [0.717, 1.165) is 17.9 Å². The molecule has 0 aliphatic heterocycles. The van der Waals surface area contributed by atoms with Gasteiger partial charge >= 0.3 is 0 Å². The van der Waals surface area contributed by atoms with Gasteiger partial charge in [0.1, 0.15) is 5.75 Å². The molecular formula is C17H28N2O2. The number of hydrogen-bond donors (Lipinski definition) is 2. The highest BCUT2D eigenvalue weighted by atomic mass is 16.5. The van der Waals surface area contributed by atoms with E-state index >= 15 is 0 Å². The normalized spacial score (nSPS) is 11.6. The lowest BCUT2D eigenvalue weighted by Crippen LogP contribution is -2.43. The van der Waals surface area contributed by atoms with E-state index in [1.165, 1.54) is 5.56 Å². The van der Waals surface area contributed by atoms with Gasteiger partial charge in [0.05, 0.1) is 0 Å². The van der Waals surface area contributed by atoms with E-state index in [-0.39, 0.29) is 18.1 Å². The van der Waals surface area contributed by atoms with Crippen molar-refractivity contribution in [2.24, 2.45) is 0 Å². The molecule has 0 saturated heterocycles. The fourth-order valence-corrected chi connectivity index (χ4v) is 1.90. The zero-order valence-corrected chi connectivity index (χ0v) is 14.0. The lowest BCUT2D eigenvalue weighted by atomic mass is 10.1. The Labute approximate surface area is 128 Å². The highest BCUT2D eigenvalue weighted by Crippen LogP contribution is 2.20. The first-order chi connectivity index (χ1) is 9.67. The van der Waals surface area contributed by atoms with Gasteiger partial charge in [-0.15, -0.1) is 0 Å². The first-order valence-electron chi connectivity index (χ1n) is 7.44. The van der Waals surface area contributed by atoms with Gasteiger partial charge in [0, 0.05) is 23.7 Å². The second-order valence-electron chi connectivity index (χ2n) is 6.73. The van der Waals surface area contributed by atoms with E-state index in [2.05, 4.69) is 37.5 Å². The highest BCUT2D eigenvalue weighted by Gasteiger charge is 2.14. The van der Waals surface area contributed by atoms with Crippen LogP contribution in [0, 0.1) is 6.92 Å². The second kappa shape index (κ2) is 7.46. The molecule has 4 heteroatoms. The number of hydrogen-bond acceptors (Lipinski definition) is 3. The molecule has 0 saturated carbocycles. The maximum Gasteiger partial charge on any atom is 0.258 e. The Morgan fingerprint density at radius 2 is 1.95 bits per heavy atom. The molecule has 0 fully saturated rings. The summed E-state index contributed by atoms with van der Waals surface area (Å²) in [5.74, 6) is 0.656. The van der Waals surface area contributed by atoms with E-state index in [1.807, 2.05) is 32.9 Å². The molecule has 0 aromatic heterocycles. The number of rotatable bonds is 6. The minimum atomic E-state index is -0.240. The molecule has 0 radical (unpaired) electrons. The Balaban J connectivity index is 2.67. The molecule has 21 heavy (non-hydrogen) atoms. The molecule has 0 spiro atoms. The van der Waals surface area contributed by atoms with E-state index in [0.29, 0.717) is 6.04 Å². The van der Waals surface area contributed by atoms with Gasteiger partial charge in [0.25, 0.3) is 5.91 Å². The Morgan fingerprint density at radius 1 is 1.29 bits per heavy atom. The maximum absolute atomic E-state index is 11.8. The number of amides is 1. The third kappa shape index (κ3) is 7.14. The second-order valence-corrected chi connectivity index (χ2v) is 6.73. The summed E-state index contributed by atoms with van der Waals surface area (Å²) in [7, 11) is 0. The van der Waals surface area contributed by atoms with Crippen LogP contribution in [0.2, 0.25) is 0 Å². The van der Waals surface area contributed by atoms with E-state index in [1.54, 1.807) is 0 Å². The van der Waals surface area contributed by atoms with Gasteiger partial charge in [-0.1, -0.05) is 31.5 Å². The molecule has 1 rings (SSSR count). The zero-order valence-electron chi connectivity index (χ0n) is 14.0. The molecule has 1 amide bonds. The average Bonchev–Trinajstić information content (AvgIpc) is 2.33. The van der Waals surface area contributed by atoms with Gasteiger partial charge in [-0.25, -0.2) is 0 Å². The molecule has 118 valence electrons. The Kier molecular flexibility index (Phi) is 6.21. The number of carbonyl (C=O) groups is 1. The third-order valence-corrected chi connectivity index (χ3v) is 2.79. The summed E-state index contributed by atoms with van der Waals surface area (Å²) in [6.07, 6.45) is 0. The fourth-order valence-electron chi connectivity index (χ4n) is 1.90. The van der Waals surface area contributed by atoms with Gasteiger partial charge in [-0.2, -0.15) is 0 Å². The first kappa shape index (κ1) is 17.5. The van der Waals surface area contributed by atoms with Crippen LogP contribution in [0.5, 0.6) is 5.75 Å². The van der Waals surface area contributed by atoms with E-state index < -0.39 is 0 Å². The monoisotopic (exact) mass is 292 g/mol. The quantitative estimate of drug-likeness (QED) is 0.847. The molecule has 2 N–H and O–H groups in total. The van der Waals surface area contributed by atoms with Crippen LogP contribution >= 0.6 is 0 Å². The summed E-state index contributed by atoms with van der Waals surface area (Å²) in [6.45, 7) is 12.9. The summed E-state index contributed by atoms with van der Waals surface area (Å²) in [5, 5.41) is 6.27. The van der Waals surface area contributed by atoms with Crippen molar-refractivity contribution < 1.29 is 9.53 Å². The Hall–Kier alpha value is -1.55. The van der Waals surface area contributed by atoms with Crippen LogP contribution in [0.3, 0.4) is 0 Å². The first-order valence-corrected chi connectivity index (χ1v) is 7.44. The van der Waals surface area contributed by atoms with Crippen LogP contribution < -0.4 is 15.4 Å². The van der Waals surface area contributed by atoms with Crippen molar-refractivity contribution in [2.45, 2.75) is 59.7 Å². The molecule has 4 nitrogen and oxygen atoms in total. The number of aryl methyl sites for hydroxylation is 1. The number of ether oxygens (including phenoxy) is 1. The van der Waals surface area contributed by atoms with Crippen LogP contribution in [0.4, 0.5) is 0 Å². The van der Waals surface area contributed by atoms with Gasteiger partial charge in [-0.05, 0) is 33.8 Å². The lowest BCUT2D eigenvalue weighted by molar-refractivity contribution is -0.124. The standard InChI is InChI=1S/C17H28N2O2/c1-12(2)18-10-14-9-13(3)7-8-15(14)21-11-16(20)19-17(4,5)6/h7-9,12,18H,10-11H2,1-6H3,(H,19,20). The summed E-state index contributed by atoms with van der Waals surface area (Å²) < 4.78 is 5.68. The van der Waals surface area contributed by atoms with E-state index in [9.17, 15) is 4.79 Å². The minimum Gasteiger partial charge on any atom is -0.483 e. The molecule has 0 atom stereocenters. The van der Waals surface area contributed by atoms with Crippen LogP contribution in [-0.2, 0) is 11.3 Å². The molecule has 1 aromatic carbocycles. The minimum absolute atomic E-state index is 0.0367. The lowest BCUT2D eigenvalue weighted by Gasteiger charge is -2.21. The number of nitrogens with one attached hydrogen (secondary N) is 2. The van der Waals surface area contributed by atoms with E-state index in [4.69, 9.17) is 4.74 Å². The van der Waals surface area contributed by atoms with Gasteiger partial charge < -0.3 is 15.4 Å². The summed E-state index contributed by atoms with van der Waals surface area (Å²) in [5.41, 5.74) is 2.02. The molecule has 0 heterocycles. The van der Waals surface area contributed by atoms with Crippen molar-refractivity contribution in [1.29, 1.82) is 0 Å². The predicted octanol–water partition coefficient (Wildman–Crippen LogP) is 2.79. The van der Waals surface area contributed by atoms with Gasteiger partial charge in [0.15, 0.2) is 6.61 Å². The number of benzene rings is 1. The average molecular weight is 292 g/mol. The molecular weight excluding hydrogens is 264 g/mol. The smallest absolute Gasteiger partial charge is 0.258 e. The number of carbonyl (C=O) groups excluding carboxylic acids is 1. The maximum atomic E-state index is 11.8. The van der Waals surface area contributed by atoms with Crippen molar-refractivity contribution in [3.05, 3.63) is 29.3 Å². The summed E-state index contributed by atoms with van der Waals surface area (Å²) >= 11 is 0. The molecule has 0 aliphatic carbocycles.